The van der Waals surface area contributed by atoms with Crippen molar-refractivity contribution in [1.82, 2.24) is 19.5 Å². The number of carbonyl (C=O) groups is 3. The fraction of sp³-hybridized carbons (Fsp3) is 0.333. The molecule has 0 radical (unpaired) electrons. The number of pyridine rings is 1. The van der Waals surface area contributed by atoms with Crippen molar-refractivity contribution in [3.8, 4) is 11.1 Å². The number of nitrogens with one attached hydrogen (secondary N) is 1. The Morgan fingerprint density at radius 2 is 1.65 bits per heavy atom. The summed E-state index contributed by atoms with van der Waals surface area (Å²) in [5, 5.41) is 2.75. The monoisotopic (exact) mass is 560 g/mol. The minimum Gasteiger partial charge on any atom is -0.340 e. The lowest BCUT2D eigenvalue weighted by Crippen LogP contribution is -2.53. The van der Waals surface area contributed by atoms with Gasteiger partial charge in [-0.1, -0.05) is 62.4 Å². The third-order valence-corrected chi connectivity index (χ3v) is 9.22. The second-order valence-corrected chi connectivity index (χ2v) is 12.5. The molecule has 3 atom stereocenters. The maximum atomic E-state index is 13.8. The zero-order chi connectivity index (χ0) is 28.4. The van der Waals surface area contributed by atoms with Crippen molar-refractivity contribution in [2.45, 2.75) is 49.8 Å². The van der Waals surface area contributed by atoms with E-state index in [0.29, 0.717) is 18.4 Å². The first-order valence-corrected chi connectivity index (χ1v) is 14.8. The Labute approximate surface area is 234 Å². The molecule has 0 aliphatic carbocycles. The number of benzene rings is 2. The number of amides is 2. The van der Waals surface area contributed by atoms with Crippen LogP contribution in [-0.4, -0.2) is 71.4 Å². The van der Waals surface area contributed by atoms with Crippen molar-refractivity contribution in [3.05, 3.63) is 84.6 Å². The van der Waals surface area contributed by atoms with E-state index in [2.05, 4.69) is 10.3 Å². The number of aromatic nitrogens is 1. The summed E-state index contributed by atoms with van der Waals surface area (Å²) < 4.78 is 27.7. The van der Waals surface area contributed by atoms with Crippen LogP contribution in [0.15, 0.2) is 84.0 Å². The highest BCUT2D eigenvalue weighted by Crippen LogP contribution is 2.34. The van der Waals surface area contributed by atoms with E-state index in [4.69, 9.17) is 0 Å². The van der Waals surface area contributed by atoms with Gasteiger partial charge in [-0.3, -0.25) is 14.4 Å². The van der Waals surface area contributed by atoms with Crippen molar-refractivity contribution in [1.29, 1.82) is 0 Å². The zero-order valence-electron chi connectivity index (χ0n) is 22.4. The number of hydrogen-bond donors (Lipinski definition) is 1. The van der Waals surface area contributed by atoms with Gasteiger partial charge in [-0.05, 0) is 54.2 Å². The molecule has 0 bridgehead atoms. The molecule has 3 heterocycles. The Morgan fingerprint density at radius 1 is 0.975 bits per heavy atom. The number of fused-ring (bicyclic) bond motifs is 1. The van der Waals surface area contributed by atoms with Crippen LogP contribution in [0, 0.1) is 5.92 Å². The number of sulfonamides is 1. The summed E-state index contributed by atoms with van der Waals surface area (Å²) in [7, 11) is -4.00. The van der Waals surface area contributed by atoms with Gasteiger partial charge in [0.2, 0.25) is 5.91 Å². The Kier molecular flexibility index (Phi) is 7.82. The predicted octanol–water partition coefficient (Wildman–Crippen LogP) is 3.14. The lowest BCUT2D eigenvalue weighted by atomic mass is 10.0. The average Bonchev–Trinajstić information content (AvgIpc) is 3.54. The largest absolute Gasteiger partial charge is 0.340 e. The van der Waals surface area contributed by atoms with E-state index in [9.17, 15) is 22.8 Å². The van der Waals surface area contributed by atoms with Crippen LogP contribution in [0.1, 0.15) is 37.0 Å². The van der Waals surface area contributed by atoms with Gasteiger partial charge in [0.15, 0.2) is 10.8 Å². The van der Waals surface area contributed by atoms with Crippen LogP contribution in [0.3, 0.4) is 0 Å². The lowest BCUT2D eigenvalue weighted by Gasteiger charge is -2.29. The van der Waals surface area contributed by atoms with E-state index in [1.54, 1.807) is 24.3 Å². The number of Topliss-reactive ketones (excluding diaryl/α,β-unsaturated/α-hetero) is 1. The molecule has 5 rings (SSSR count). The topological polar surface area (TPSA) is 117 Å². The van der Waals surface area contributed by atoms with E-state index >= 15 is 0 Å². The van der Waals surface area contributed by atoms with E-state index in [0.717, 1.165) is 11.1 Å². The molecule has 2 fully saturated rings. The molecular weight excluding hydrogens is 528 g/mol. The first-order chi connectivity index (χ1) is 19.2. The molecule has 2 amide bonds. The Balaban J connectivity index is 1.32. The summed E-state index contributed by atoms with van der Waals surface area (Å²) in [6.45, 7) is 3.82. The third kappa shape index (κ3) is 5.41. The van der Waals surface area contributed by atoms with Crippen LogP contribution in [0.25, 0.3) is 11.1 Å². The number of likely N-dealkylation sites (tertiary alicyclic amines) is 1. The molecule has 0 spiro atoms. The van der Waals surface area contributed by atoms with Gasteiger partial charge in [0.25, 0.3) is 15.9 Å². The fourth-order valence-corrected chi connectivity index (χ4v) is 7.10. The fourth-order valence-electron chi connectivity index (χ4n) is 5.54. The van der Waals surface area contributed by atoms with Gasteiger partial charge in [0.05, 0.1) is 12.6 Å². The smallest absolute Gasteiger partial charge is 0.261 e. The Hall–Kier alpha value is -3.89. The predicted molar refractivity (Wildman–Crippen MR) is 150 cm³/mol. The standard InChI is InChI=1S/C30H32N4O5S/c1-20(2)18-24(32-29(36)23-13-11-22(12-14-23)21-8-4-3-5-9-21)30(37)33-17-15-25-28(33)26(35)19-34(25)40(38,39)27-10-6-7-16-31-27/h3-14,16,20,24-25,28H,15,17-19H2,1-2H3,(H,32,36). The first-order valence-electron chi connectivity index (χ1n) is 13.4. The van der Waals surface area contributed by atoms with Gasteiger partial charge in [-0.2, -0.15) is 4.31 Å². The normalized spacial score (nSPS) is 20.0. The maximum Gasteiger partial charge on any atom is 0.261 e. The molecule has 3 unspecified atom stereocenters. The summed E-state index contributed by atoms with van der Waals surface area (Å²) >= 11 is 0. The highest BCUT2D eigenvalue weighted by molar-refractivity contribution is 7.89. The van der Waals surface area contributed by atoms with E-state index in [1.807, 2.05) is 56.3 Å². The van der Waals surface area contributed by atoms with Crippen molar-refractivity contribution in [2.24, 2.45) is 5.92 Å². The molecule has 0 saturated carbocycles. The second-order valence-electron chi connectivity index (χ2n) is 10.6. The summed E-state index contributed by atoms with van der Waals surface area (Å²) in [5.41, 5.74) is 2.43. The summed E-state index contributed by atoms with van der Waals surface area (Å²) in [6.07, 6.45) is 2.10. The van der Waals surface area contributed by atoms with E-state index in [1.165, 1.54) is 21.5 Å². The molecular formula is C30H32N4O5S. The maximum absolute atomic E-state index is 13.8. The first kappa shape index (κ1) is 27.7. The lowest BCUT2D eigenvalue weighted by molar-refractivity contribution is -0.138. The van der Waals surface area contributed by atoms with Crippen LogP contribution in [0.5, 0.6) is 0 Å². The van der Waals surface area contributed by atoms with Gasteiger partial charge in [-0.25, -0.2) is 13.4 Å². The molecule has 40 heavy (non-hydrogen) atoms. The van der Waals surface area contributed by atoms with Crippen molar-refractivity contribution >= 4 is 27.6 Å². The molecule has 208 valence electrons. The number of hydrogen-bond acceptors (Lipinski definition) is 6. The van der Waals surface area contributed by atoms with Gasteiger partial charge in [0, 0.05) is 18.3 Å². The molecule has 2 saturated heterocycles. The van der Waals surface area contributed by atoms with Crippen molar-refractivity contribution < 1.29 is 22.8 Å². The molecule has 2 aliphatic heterocycles. The SMILES string of the molecule is CC(C)CC(NC(=O)c1ccc(-c2ccccc2)cc1)C(=O)N1CCC2C1C(=O)CN2S(=O)(=O)c1ccccn1. The minimum atomic E-state index is -4.00. The van der Waals surface area contributed by atoms with E-state index in [-0.39, 0.29) is 41.6 Å². The molecule has 3 aromatic rings. The third-order valence-electron chi connectivity index (χ3n) is 7.44. The van der Waals surface area contributed by atoms with Crippen molar-refractivity contribution in [2.75, 3.05) is 13.1 Å². The van der Waals surface area contributed by atoms with Crippen LogP contribution < -0.4 is 5.32 Å². The van der Waals surface area contributed by atoms with Crippen LogP contribution in [0.4, 0.5) is 0 Å². The minimum absolute atomic E-state index is 0.0911. The molecule has 2 aromatic carbocycles. The quantitative estimate of drug-likeness (QED) is 0.453. The molecule has 1 aromatic heterocycles. The van der Waals surface area contributed by atoms with Crippen LogP contribution >= 0.6 is 0 Å². The molecule has 1 N–H and O–H groups in total. The number of rotatable bonds is 8. The molecule has 9 nitrogen and oxygen atoms in total. The summed E-state index contributed by atoms with van der Waals surface area (Å²) in [6, 6.07) is 19.2. The molecule has 2 aliphatic rings. The number of nitrogens with zero attached hydrogens (tertiary/aromatic N) is 3. The molecule has 10 heteroatoms. The second kappa shape index (κ2) is 11.3. The summed E-state index contributed by atoms with van der Waals surface area (Å²) in [5.74, 6) is -0.998. The van der Waals surface area contributed by atoms with Gasteiger partial charge < -0.3 is 10.2 Å². The average molecular weight is 561 g/mol. The summed E-state index contributed by atoms with van der Waals surface area (Å²) in [4.78, 5) is 45.5. The Morgan fingerprint density at radius 3 is 2.30 bits per heavy atom. The number of ketones is 1. The van der Waals surface area contributed by atoms with Gasteiger partial charge in [0.1, 0.15) is 12.1 Å². The number of carbonyl (C=O) groups excluding carboxylic acids is 3. The van der Waals surface area contributed by atoms with Gasteiger partial charge in [-0.15, -0.1) is 0 Å². The van der Waals surface area contributed by atoms with Crippen LogP contribution in [0.2, 0.25) is 0 Å². The Bertz CT molecular complexity index is 1490. The highest BCUT2D eigenvalue weighted by atomic mass is 32.2. The van der Waals surface area contributed by atoms with Crippen LogP contribution in [-0.2, 0) is 19.6 Å². The van der Waals surface area contributed by atoms with E-state index < -0.39 is 28.1 Å². The van der Waals surface area contributed by atoms with Crippen molar-refractivity contribution in [3.63, 3.8) is 0 Å². The van der Waals surface area contributed by atoms with Gasteiger partial charge >= 0.3 is 0 Å². The highest BCUT2D eigenvalue weighted by Gasteiger charge is 2.54. The zero-order valence-corrected chi connectivity index (χ0v) is 23.3.